The Kier molecular flexibility index (Phi) is 5.84. The summed E-state index contributed by atoms with van der Waals surface area (Å²) in [6, 6.07) is 18.2. The van der Waals surface area contributed by atoms with Crippen molar-refractivity contribution in [2.24, 2.45) is 0 Å². The first-order chi connectivity index (χ1) is 12.9. The molecule has 0 bridgehead atoms. The highest BCUT2D eigenvalue weighted by Crippen LogP contribution is 2.18. The van der Waals surface area contributed by atoms with Crippen LogP contribution in [-0.4, -0.2) is 19.4 Å². The van der Waals surface area contributed by atoms with Gasteiger partial charge in [0.1, 0.15) is 0 Å². The van der Waals surface area contributed by atoms with Crippen LogP contribution in [0.4, 0.5) is 11.4 Å². The number of thiocarbonyl (C=S) groups is 1. The minimum atomic E-state index is -3.69. The van der Waals surface area contributed by atoms with Crippen LogP contribution in [0, 0.1) is 0 Å². The summed E-state index contributed by atoms with van der Waals surface area (Å²) in [5, 5.41) is 7.35. The monoisotopic (exact) mass is 417 g/mol. The number of amides is 1. The Morgan fingerprint density at radius 3 is 2.22 bits per heavy atom. The maximum Gasteiger partial charge on any atom is 0.267 e. The molecule has 0 radical (unpaired) electrons. The van der Waals surface area contributed by atoms with Gasteiger partial charge in [-0.05, 0) is 60.1 Å². The molecule has 0 aliphatic heterocycles. The van der Waals surface area contributed by atoms with E-state index in [1.807, 2.05) is 0 Å². The third kappa shape index (κ3) is 5.13. The number of carbonyl (C=O) groups excluding carboxylic acids is 1. The summed E-state index contributed by atoms with van der Waals surface area (Å²) in [6.45, 7) is 0. The van der Waals surface area contributed by atoms with E-state index in [1.54, 1.807) is 60.0 Å². The van der Waals surface area contributed by atoms with Crippen LogP contribution < -0.4 is 15.4 Å². The third-order valence-electron chi connectivity index (χ3n) is 3.42. The van der Waals surface area contributed by atoms with Gasteiger partial charge in [-0.3, -0.25) is 14.8 Å². The van der Waals surface area contributed by atoms with E-state index in [-0.39, 0.29) is 15.9 Å². The highest BCUT2D eigenvalue weighted by Gasteiger charge is 2.14. The molecular weight excluding hydrogens is 402 g/mol. The van der Waals surface area contributed by atoms with Crippen molar-refractivity contribution < 1.29 is 13.2 Å². The van der Waals surface area contributed by atoms with Crippen molar-refractivity contribution in [2.75, 3.05) is 10.0 Å². The Labute approximate surface area is 166 Å². The minimum Gasteiger partial charge on any atom is -0.332 e. The molecule has 0 fully saturated rings. The zero-order valence-corrected chi connectivity index (χ0v) is 16.3. The largest absolute Gasteiger partial charge is 0.332 e. The van der Waals surface area contributed by atoms with Crippen LogP contribution in [0.1, 0.15) is 9.67 Å². The number of nitrogens with one attached hydrogen (secondary N) is 3. The van der Waals surface area contributed by atoms with E-state index >= 15 is 0 Å². The lowest BCUT2D eigenvalue weighted by atomic mass is 10.3. The second-order valence-electron chi connectivity index (χ2n) is 5.38. The Bertz CT molecular complexity index is 1030. The lowest BCUT2D eigenvalue weighted by Gasteiger charge is -2.11. The number of para-hydroxylation sites is 1. The Morgan fingerprint density at radius 1 is 0.889 bits per heavy atom. The summed E-state index contributed by atoms with van der Waals surface area (Å²) >= 11 is 6.42. The van der Waals surface area contributed by atoms with E-state index in [9.17, 15) is 13.2 Å². The smallest absolute Gasteiger partial charge is 0.267 e. The van der Waals surface area contributed by atoms with Gasteiger partial charge in [0, 0.05) is 11.4 Å². The van der Waals surface area contributed by atoms with E-state index in [1.165, 1.54) is 23.5 Å². The first-order valence-corrected chi connectivity index (χ1v) is 10.5. The number of sulfonamides is 1. The summed E-state index contributed by atoms with van der Waals surface area (Å²) in [7, 11) is -3.69. The molecule has 3 N–H and O–H groups in total. The van der Waals surface area contributed by atoms with E-state index < -0.39 is 10.0 Å². The molecule has 0 aliphatic rings. The molecule has 1 amide bonds. The fourth-order valence-electron chi connectivity index (χ4n) is 2.17. The molecule has 9 heteroatoms. The summed E-state index contributed by atoms with van der Waals surface area (Å²) in [5.74, 6) is -0.297. The molecule has 0 atom stereocenters. The fourth-order valence-corrected chi connectivity index (χ4v) is 4.06. The first kappa shape index (κ1) is 19.0. The van der Waals surface area contributed by atoms with Gasteiger partial charge in [0.25, 0.3) is 15.9 Å². The quantitative estimate of drug-likeness (QED) is 0.551. The third-order valence-corrected chi connectivity index (χ3v) is 5.89. The number of hydrogen-bond donors (Lipinski definition) is 3. The van der Waals surface area contributed by atoms with Crippen LogP contribution >= 0.6 is 23.6 Å². The Balaban J connectivity index is 1.63. The number of anilines is 2. The molecule has 2 aromatic carbocycles. The molecule has 1 heterocycles. The predicted molar refractivity (Wildman–Crippen MR) is 112 cm³/mol. The molecule has 138 valence electrons. The van der Waals surface area contributed by atoms with E-state index in [0.29, 0.717) is 16.3 Å². The van der Waals surface area contributed by atoms with Crippen molar-refractivity contribution in [1.29, 1.82) is 0 Å². The van der Waals surface area contributed by atoms with Gasteiger partial charge in [0.05, 0.1) is 9.77 Å². The van der Waals surface area contributed by atoms with Crippen molar-refractivity contribution >= 4 is 56.0 Å². The van der Waals surface area contributed by atoms with Crippen LogP contribution in [-0.2, 0) is 10.0 Å². The average molecular weight is 418 g/mol. The van der Waals surface area contributed by atoms with E-state index in [4.69, 9.17) is 12.2 Å². The van der Waals surface area contributed by atoms with Gasteiger partial charge >= 0.3 is 0 Å². The lowest BCUT2D eigenvalue weighted by Crippen LogP contribution is -2.33. The number of hydrogen-bond acceptors (Lipinski definition) is 5. The molecular formula is C18H15N3O3S3. The van der Waals surface area contributed by atoms with Gasteiger partial charge in [-0.15, -0.1) is 11.3 Å². The molecule has 6 nitrogen and oxygen atoms in total. The van der Waals surface area contributed by atoms with Crippen molar-refractivity contribution in [2.45, 2.75) is 4.90 Å². The maximum absolute atomic E-state index is 12.4. The topological polar surface area (TPSA) is 87.3 Å². The van der Waals surface area contributed by atoms with Gasteiger partial charge < -0.3 is 5.32 Å². The zero-order valence-electron chi connectivity index (χ0n) is 13.9. The molecule has 0 spiro atoms. The maximum atomic E-state index is 12.4. The Morgan fingerprint density at radius 2 is 1.59 bits per heavy atom. The molecule has 0 saturated carbocycles. The molecule has 1 aromatic heterocycles. The molecule has 27 heavy (non-hydrogen) atoms. The molecule has 0 saturated heterocycles. The lowest BCUT2D eigenvalue weighted by molar-refractivity contribution is 0.0981. The van der Waals surface area contributed by atoms with Gasteiger partial charge in [0.15, 0.2) is 5.11 Å². The summed E-state index contributed by atoms with van der Waals surface area (Å²) < 4.78 is 27.3. The fraction of sp³-hybridized carbons (Fsp3) is 0. The minimum absolute atomic E-state index is 0.116. The van der Waals surface area contributed by atoms with Crippen molar-refractivity contribution in [3.63, 3.8) is 0 Å². The number of rotatable bonds is 5. The Hall–Kier alpha value is -2.75. The predicted octanol–water partition coefficient (Wildman–Crippen LogP) is 3.68. The normalized spacial score (nSPS) is 10.8. The van der Waals surface area contributed by atoms with Crippen molar-refractivity contribution in [3.8, 4) is 0 Å². The average Bonchev–Trinajstić information content (AvgIpc) is 3.17. The van der Waals surface area contributed by atoms with Crippen LogP contribution in [0.5, 0.6) is 0 Å². The SMILES string of the molecule is O=C(NC(=S)Nc1ccc(S(=O)(=O)Nc2ccccc2)cc1)c1cccs1. The summed E-state index contributed by atoms with van der Waals surface area (Å²) in [6.07, 6.45) is 0. The van der Waals surface area contributed by atoms with E-state index in [0.717, 1.165) is 0 Å². The van der Waals surface area contributed by atoms with Crippen LogP contribution in [0.3, 0.4) is 0 Å². The van der Waals surface area contributed by atoms with Gasteiger partial charge in [-0.25, -0.2) is 8.42 Å². The standard InChI is InChI=1S/C18H15N3O3S3/c22-17(16-7-4-12-26-16)20-18(25)19-13-8-10-15(11-9-13)27(23,24)21-14-5-2-1-3-6-14/h1-12,21H,(H2,19,20,22,25). The molecule has 0 unspecified atom stereocenters. The van der Waals surface area contributed by atoms with Crippen molar-refractivity contribution in [1.82, 2.24) is 5.32 Å². The highest BCUT2D eigenvalue weighted by atomic mass is 32.2. The first-order valence-electron chi connectivity index (χ1n) is 7.78. The number of carbonyl (C=O) groups is 1. The number of benzene rings is 2. The van der Waals surface area contributed by atoms with Crippen LogP contribution in [0.2, 0.25) is 0 Å². The number of thiophene rings is 1. The molecule has 3 rings (SSSR count). The molecule has 0 aliphatic carbocycles. The van der Waals surface area contributed by atoms with Crippen LogP contribution in [0.25, 0.3) is 0 Å². The zero-order chi connectivity index (χ0) is 19.3. The van der Waals surface area contributed by atoms with Crippen molar-refractivity contribution in [3.05, 3.63) is 77.0 Å². The summed E-state index contributed by atoms with van der Waals surface area (Å²) in [4.78, 5) is 12.6. The second kappa shape index (κ2) is 8.30. The van der Waals surface area contributed by atoms with Gasteiger partial charge in [0.2, 0.25) is 0 Å². The van der Waals surface area contributed by atoms with Gasteiger partial charge in [-0.2, -0.15) is 0 Å². The van der Waals surface area contributed by atoms with Crippen LogP contribution in [0.15, 0.2) is 77.0 Å². The molecule has 3 aromatic rings. The second-order valence-corrected chi connectivity index (χ2v) is 8.42. The summed E-state index contributed by atoms with van der Waals surface area (Å²) in [5.41, 5.74) is 1.04. The van der Waals surface area contributed by atoms with Gasteiger partial charge in [-0.1, -0.05) is 24.3 Å². The highest BCUT2D eigenvalue weighted by molar-refractivity contribution is 7.92. The van der Waals surface area contributed by atoms with E-state index in [2.05, 4.69) is 15.4 Å².